The number of carboxylic acid groups (broad SMARTS) is 1. The summed E-state index contributed by atoms with van der Waals surface area (Å²) in [6.07, 6.45) is 1.80. The maximum Gasteiger partial charge on any atom is 0.308 e. The lowest BCUT2D eigenvalue weighted by Crippen LogP contribution is -2.45. The summed E-state index contributed by atoms with van der Waals surface area (Å²) in [5.41, 5.74) is 0. The highest BCUT2D eigenvalue weighted by Gasteiger charge is 2.33. The largest absolute Gasteiger partial charge is 0.481 e. The standard InChI is InChI=1S/C13H24N2O6S/c1-9(2)21-6-7-22(19,20)14-8-12(16)15-11-5-3-4-10(11)13(17)18/h9-11,14H,3-8H2,1-2H3,(H,15,16)(H,17,18)/t10-,11+/m0/s1. The number of amides is 1. The number of carboxylic acids is 1. The van der Waals surface area contributed by atoms with Crippen molar-refractivity contribution in [1.29, 1.82) is 0 Å². The lowest BCUT2D eigenvalue weighted by Gasteiger charge is -2.17. The van der Waals surface area contributed by atoms with E-state index in [0.29, 0.717) is 12.8 Å². The van der Waals surface area contributed by atoms with Crippen LogP contribution in [0.1, 0.15) is 33.1 Å². The van der Waals surface area contributed by atoms with E-state index in [4.69, 9.17) is 9.84 Å². The zero-order chi connectivity index (χ0) is 16.8. The maximum absolute atomic E-state index is 11.7. The van der Waals surface area contributed by atoms with Crippen molar-refractivity contribution in [2.24, 2.45) is 5.92 Å². The third kappa shape index (κ3) is 6.71. The molecular weight excluding hydrogens is 312 g/mol. The van der Waals surface area contributed by atoms with Crippen LogP contribution in [0, 0.1) is 5.92 Å². The molecule has 1 rings (SSSR count). The van der Waals surface area contributed by atoms with Gasteiger partial charge in [-0.3, -0.25) is 9.59 Å². The van der Waals surface area contributed by atoms with Gasteiger partial charge >= 0.3 is 5.97 Å². The Balaban J connectivity index is 2.34. The summed E-state index contributed by atoms with van der Waals surface area (Å²) >= 11 is 0. The summed E-state index contributed by atoms with van der Waals surface area (Å²) < 4.78 is 30.7. The van der Waals surface area contributed by atoms with Crippen molar-refractivity contribution in [3.63, 3.8) is 0 Å². The molecule has 1 fully saturated rings. The van der Waals surface area contributed by atoms with E-state index in [1.807, 2.05) is 0 Å². The zero-order valence-corrected chi connectivity index (χ0v) is 13.7. The van der Waals surface area contributed by atoms with Crippen LogP contribution in [0.15, 0.2) is 0 Å². The number of carbonyl (C=O) groups is 2. The van der Waals surface area contributed by atoms with Crippen LogP contribution in [-0.2, 0) is 24.3 Å². The summed E-state index contributed by atoms with van der Waals surface area (Å²) in [5, 5.41) is 11.6. The monoisotopic (exact) mass is 336 g/mol. The number of hydrogen-bond donors (Lipinski definition) is 3. The van der Waals surface area contributed by atoms with Crippen LogP contribution in [0.3, 0.4) is 0 Å². The molecule has 0 saturated heterocycles. The van der Waals surface area contributed by atoms with Crippen LogP contribution in [0.5, 0.6) is 0 Å². The highest BCUT2D eigenvalue weighted by atomic mass is 32.2. The summed E-state index contributed by atoms with van der Waals surface area (Å²) in [4.78, 5) is 22.7. The summed E-state index contributed by atoms with van der Waals surface area (Å²) in [7, 11) is -3.59. The molecule has 1 amide bonds. The first-order valence-corrected chi connectivity index (χ1v) is 8.97. The van der Waals surface area contributed by atoms with E-state index in [0.717, 1.165) is 6.42 Å². The topological polar surface area (TPSA) is 122 Å². The summed E-state index contributed by atoms with van der Waals surface area (Å²) in [6.45, 7) is 3.26. The molecule has 22 heavy (non-hydrogen) atoms. The summed E-state index contributed by atoms with van der Waals surface area (Å²) in [6, 6.07) is -0.432. The number of carbonyl (C=O) groups excluding carboxylic acids is 1. The molecule has 0 radical (unpaired) electrons. The second-order valence-corrected chi connectivity index (χ2v) is 7.54. The van der Waals surface area contributed by atoms with E-state index in [1.165, 1.54) is 0 Å². The molecule has 1 aliphatic carbocycles. The number of aliphatic carboxylic acids is 1. The van der Waals surface area contributed by atoms with E-state index in [2.05, 4.69) is 10.0 Å². The fraction of sp³-hybridized carbons (Fsp3) is 0.846. The van der Waals surface area contributed by atoms with Crippen LogP contribution in [0.2, 0.25) is 0 Å². The molecular formula is C13H24N2O6S. The molecule has 2 atom stereocenters. The van der Waals surface area contributed by atoms with Gasteiger partial charge in [-0.05, 0) is 26.7 Å². The van der Waals surface area contributed by atoms with Crippen molar-refractivity contribution in [2.45, 2.75) is 45.3 Å². The minimum Gasteiger partial charge on any atom is -0.481 e. The predicted octanol–water partition coefficient (Wildman–Crippen LogP) is -0.300. The van der Waals surface area contributed by atoms with E-state index in [1.54, 1.807) is 13.8 Å². The first-order valence-electron chi connectivity index (χ1n) is 7.32. The van der Waals surface area contributed by atoms with Crippen LogP contribution in [0.4, 0.5) is 0 Å². The van der Waals surface area contributed by atoms with Crippen LogP contribution in [0.25, 0.3) is 0 Å². The van der Waals surface area contributed by atoms with E-state index in [9.17, 15) is 18.0 Å². The Bertz CT molecular complexity index is 491. The molecule has 3 N–H and O–H groups in total. The molecule has 0 heterocycles. The van der Waals surface area contributed by atoms with Gasteiger partial charge in [0.05, 0.1) is 30.9 Å². The van der Waals surface area contributed by atoms with Gasteiger partial charge in [-0.15, -0.1) is 0 Å². The lowest BCUT2D eigenvalue weighted by atomic mass is 10.0. The molecule has 0 spiro atoms. The van der Waals surface area contributed by atoms with Crippen molar-refractivity contribution in [2.75, 3.05) is 18.9 Å². The Morgan fingerprint density at radius 1 is 1.32 bits per heavy atom. The number of rotatable bonds is 9. The van der Waals surface area contributed by atoms with Crippen LogP contribution >= 0.6 is 0 Å². The van der Waals surface area contributed by atoms with Crippen LogP contribution < -0.4 is 10.0 Å². The fourth-order valence-electron chi connectivity index (χ4n) is 2.33. The van der Waals surface area contributed by atoms with Crippen molar-refractivity contribution in [1.82, 2.24) is 10.0 Å². The number of hydrogen-bond acceptors (Lipinski definition) is 5. The Hall–Kier alpha value is -1.19. The van der Waals surface area contributed by atoms with E-state index >= 15 is 0 Å². The van der Waals surface area contributed by atoms with Crippen molar-refractivity contribution in [3.05, 3.63) is 0 Å². The Kier molecular flexibility index (Phi) is 7.24. The Morgan fingerprint density at radius 2 is 2.00 bits per heavy atom. The Labute approximate surface area is 130 Å². The van der Waals surface area contributed by atoms with Gasteiger partial charge in [-0.2, -0.15) is 0 Å². The molecule has 1 saturated carbocycles. The highest BCUT2D eigenvalue weighted by Crippen LogP contribution is 2.25. The average molecular weight is 336 g/mol. The predicted molar refractivity (Wildman–Crippen MR) is 79.8 cm³/mol. The second kappa shape index (κ2) is 8.44. The summed E-state index contributed by atoms with van der Waals surface area (Å²) in [5.74, 6) is -2.28. The van der Waals surface area contributed by atoms with Gasteiger partial charge in [-0.25, -0.2) is 13.1 Å². The minimum atomic E-state index is -3.59. The number of sulfonamides is 1. The molecule has 8 nitrogen and oxygen atoms in total. The van der Waals surface area contributed by atoms with Gasteiger partial charge in [0.1, 0.15) is 0 Å². The van der Waals surface area contributed by atoms with Crippen molar-refractivity contribution < 1.29 is 27.9 Å². The molecule has 0 aromatic rings. The molecule has 0 unspecified atom stereocenters. The molecule has 1 aliphatic rings. The molecule has 128 valence electrons. The van der Waals surface area contributed by atoms with Crippen LogP contribution in [-0.4, -0.2) is 56.5 Å². The quantitative estimate of drug-likeness (QED) is 0.531. The van der Waals surface area contributed by atoms with E-state index < -0.39 is 40.4 Å². The second-order valence-electron chi connectivity index (χ2n) is 5.61. The van der Waals surface area contributed by atoms with E-state index in [-0.39, 0.29) is 18.5 Å². The molecule has 0 aromatic carbocycles. The third-order valence-corrected chi connectivity index (χ3v) is 4.72. The minimum absolute atomic E-state index is 0.0539. The van der Waals surface area contributed by atoms with Gasteiger partial charge in [0.15, 0.2) is 0 Å². The Morgan fingerprint density at radius 3 is 2.59 bits per heavy atom. The van der Waals surface area contributed by atoms with Gasteiger partial charge < -0.3 is 15.2 Å². The third-order valence-electron chi connectivity index (χ3n) is 3.44. The fourth-order valence-corrected chi connectivity index (χ4v) is 3.14. The molecule has 0 aliphatic heterocycles. The normalized spacial score (nSPS) is 22.0. The molecule has 0 aromatic heterocycles. The highest BCUT2D eigenvalue weighted by molar-refractivity contribution is 7.89. The smallest absolute Gasteiger partial charge is 0.308 e. The van der Waals surface area contributed by atoms with Gasteiger partial charge in [0.2, 0.25) is 15.9 Å². The number of nitrogens with one attached hydrogen (secondary N) is 2. The zero-order valence-electron chi connectivity index (χ0n) is 12.9. The average Bonchev–Trinajstić information content (AvgIpc) is 2.84. The molecule has 9 heteroatoms. The first-order chi connectivity index (χ1) is 10.2. The lowest BCUT2D eigenvalue weighted by molar-refractivity contribution is -0.142. The van der Waals surface area contributed by atoms with Crippen molar-refractivity contribution >= 4 is 21.9 Å². The van der Waals surface area contributed by atoms with Gasteiger partial charge in [-0.1, -0.05) is 6.42 Å². The number of ether oxygens (including phenoxy) is 1. The molecule has 0 bridgehead atoms. The van der Waals surface area contributed by atoms with Gasteiger partial charge in [0, 0.05) is 6.04 Å². The SMILES string of the molecule is CC(C)OCCS(=O)(=O)NCC(=O)N[C@@H]1CCC[C@@H]1C(=O)O. The van der Waals surface area contributed by atoms with Gasteiger partial charge in [0.25, 0.3) is 0 Å². The first kappa shape index (κ1) is 18.9. The maximum atomic E-state index is 11.7. The van der Waals surface area contributed by atoms with Crippen molar-refractivity contribution in [3.8, 4) is 0 Å².